The maximum absolute atomic E-state index is 12.3. The van der Waals surface area contributed by atoms with Crippen LogP contribution in [0.25, 0.3) is 0 Å². The normalized spacial score (nSPS) is 12.1. The number of furan rings is 1. The van der Waals surface area contributed by atoms with Crippen molar-refractivity contribution in [1.29, 1.82) is 0 Å². The number of carbonyl (C=O) groups excluding carboxylic acids is 1. The van der Waals surface area contributed by atoms with E-state index in [1.54, 1.807) is 30.5 Å². The minimum absolute atomic E-state index is 0.162. The van der Waals surface area contributed by atoms with Gasteiger partial charge in [-0.3, -0.25) is 9.48 Å². The maximum atomic E-state index is 12.3. The average Bonchev–Trinajstić information content (AvgIpc) is 3.19. The molecule has 0 radical (unpaired) electrons. The Bertz CT molecular complexity index is 823. The number of aryl methyl sites for hydroxylation is 2. The molecule has 2 heterocycles. The number of hydrogen-bond donors (Lipinski definition) is 1. The van der Waals surface area contributed by atoms with Crippen molar-refractivity contribution < 1.29 is 9.21 Å². The van der Waals surface area contributed by atoms with Gasteiger partial charge in [0.05, 0.1) is 12.0 Å². The third-order valence-electron chi connectivity index (χ3n) is 3.77. The molecular formula is C18H18ClN3O2. The van der Waals surface area contributed by atoms with Gasteiger partial charge in [0.1, 0.15) is 11.8 Å². The van der Waals surface area contributed by atoms with E-state index >= 15 is 0 Å². The van der Waals surface area contributed by atoms with Crippen molar-refractivity contribution in [2.24, 2.45) is 0 Å². The lowest BCUT2D eigenvalue weighted by Gasteiger charge is -2.18. The van der Waals surface area contributed by atoms with Crippen LogP contribution in [0.1, 0.15) is 33.5 Å². The van der Waals surface area contributed by atoms with Crippen LogP contribution in [0.2, 0.25) is 5.02 Å². The van der Waals surface area contributed by atoms with Crippen molar-refractivity contribution in [2.75, 3.05) is 6.54 Å². The van der Waals surface area contributed by atoms with Gasteiger partial charge in [0.25, 0.3) is 5.91 Å². The highest BCUT2D eigenvalue weighted by Crippen LogP contribution is 2.20. The van der Waals surface area contributed by atoms with Gasteiger partial charge in [0.2, 0.25) is 0 Å². The number of nitrogens with zero attached hydrogens (tertiary/aromatic N) is 2. The Labute approximate surface area is 145 Å². The Morgan fingerprint density at radius 3 is 2.62 bits per heavy atom. The van der Waals surface area contributed by atoms with Gasteiger partial charge in [-0.2, -0.15) is 5.10 Å². The molecule has 5 nitrogen and oxygen atoms in total. The van der Waals surface area contributed by atoms with E-state index in [4.69, 9.17) is 16.0 Å². The number of nitrogens with one attached hydrogen (secondary N) is 1. The van der Waals surface area contributed by atoms with Gasteiger partial charge in [-0.25, -0.2) is 0 Å². The Balaban J connectivity index is 1.79. The van der Waals surface area contributed by atoms with Crippen LogP contribution >= 0.6 is 11.6 Å². The molecule has 0 aliphatic carbocycles. The zero-order valence-electron chi connectivity index (χ0n) is 13.5. The molecule has 1 atom stereocenters. The van der Waals surface area contributed by atoms with Crippen LogP contribution in [0, 0.1) is 13.8 Å². The van der Waals surface area contributed by atoms with Crippen LogP contribution in [0.15, 0.2) is 53.1 Å². The Hall–Kier alpha value is -2.53. The highest BCUT2D eigenvalue weighted by atomic mass is 35.5. The van der Waals surface area contributed by atoms with Crippen LogP contribution in [0.3, 0.4) is 0 Å². The van der Waals surface area contributed by atoms with E-state index in [0.717, 1.165) is 17.1 Å². The molecule has 3 rings (SSSR count). The molecule has 0 fully saturated rings. The largest absolute Gasteiger partial charge is 0.467 e. The number of aromatic nitrogens is 2. The van der Waals surface area contributed by atoms with Gasteiger partial charge in [-0.05, 0) is 56.3 Å². The molecule has 2 aromatic heterocycles. The SMILES string of the molecule is Cc1cc(C)n(C(CNC(=O)c2ccc(Cl)cc2)c2ccco2)n1. The average molecular weight is 344 g/mol. The summed E-state index contributed by atoms with van der Waals surface area (Å²) in [6.07, 6.45) is 1.62. The molecule has 0 saturated heterocycles. The first-order valence-corrected chi connectivity index (χ1v) is 8.02. The van der Waals surface area contributed by atoms with Crippen LogP contribution in [-0.2, 0) is 0 Å². The quantitative estimate of drug-likeness (QED) is 0.767. The van der Waals surface area contributed by atoms with Crippen LogP contribution in [0.4, 0.5) is 0 Å². The van der Waals surface area contributed by atoms with E-state index in [1.165, 1.54) is 0 Å². The Kier molecular flexibility index (Phi) is 4.71. The molecule has 24 heavy (non-hydrogen) atoms. The summed E-state index contributed by atoms with van der Waals surface area (Å²) < 4.78 is 7.41. The van der Waals surface area contributed by atoms with Gasteiger partial charge in [-0.15, -0.1) is 0 Å². The predicted octanol–water partition coefficient (Wildman–Crippen LogP) is 3.77. The number of halogens is 1. The fourth-order valence-corrected chi connectivity index (χ4v) is 2.77. The number of hydrogen-bond acceptors (Lipinski definition) is 3. The Morgan fingerprint density at radius 1 is 1.29 bits per heavy atom. The second-order valence-corrected chi connectivity index (χ2v) is 6.06. The summed E-state index contributed by atoms with van der Waals surface area (Å²) in [7, 11) is 0. The van der Waals surface area contributed by atoms with Gasteiger partial charge in [-0.1, -0.05) is 11.6 Å². The van der Waals surface area contributed by atoms with E-state index in [0.29, 0.717) is 17.1 Å². The molecule has 0 saturated carbocycles. The van der Waals surface area contributed by atoms with Gasteiger partial charge >= 0.3 is 0 Å². The minimum atomic E-state index is -0.204. The number of carbonyl (C=O) groups is 1. The molecule has 6 heteroatoms. The van der Waals surface area contributed by atoms with E-state index < -0.39 is 0 Å². The standard InChI is InChI=1S/C18H18ClN3O2/c1-12-10-13(2)22(21-12)16(17-4-3-9-24-17)11-20-18(23)14-5-7-15(19)8-6-14/h3-10,16H,11H2,1-2H3,(H,20,23). The molecule has 0 aliphatic rings. The van der Waals surface area contributed by atoms with Gasteiger partial charge < -0.3 is 9.73 Å². The monoisotopic (exact) mass is 343 g/mol. The summed E-state index contributed by atoms with van der Waals surface area (Å²) in [6.45, 7) is 4.29. The van der Waals surface area contributed by atoms with E-state index in [2.05, 4.69) is 10.4 Å². The smallest absolute Gasteiger partial charge is 0.251 e. The summed E-state index contributed by atoms with van der Waals surface area (Å²) in [5.41, 5.74) is 2.49. The molecule has 0 spiro atoms. The van der Waals surface area contributed by atoms with E-state index in [1.807, 2.05) is 36.7 Å². The third kappa shape index (κ3) is 3.51. The molecule has 124 valence electrons. The first-order valence-electron chi connectivity index (χ1n) is 7.64. The molecule has 1 amide bonds. The van der Waals surface area contributed by atoms with Crippen molar-refractivity contribution in [2.45, 2.75) is 19.9 Å². The van der Waals surface area contributed by atoms with Crippen molar-refractivity contribution in [3.05, 3.63) is 76.5 Å². The zero-order valence-corrected chi connectivity index (χ0v) is 14.2. The van der Waals surface area contributed by atoms with Crippen molar-refractivity contribution in [1.82, 2.24) is 15.1 Å². The molecule has 1 unspecified atom stereocenters. The molecular weight excluding hydrogens is 326 g/mol. The fraction of sp³-hybridized carbons (Fsp3) is 0.222. The predicted molar refractivity (Wildman–Crippen MR) is 92.3 cm³/mol. The lowest BCUT2D eigenvalue weighted by Crippen LogP contribution is -2.32. The van der Waals surface area contributed by atoms with Crippen LogP contribution in [0.5, 0.6) is 0 Å². The molecule has 0 aliphatic heterocycles. The highest BCUT2D eigenvalue weighted by Gasteiger charge is 2.20. The molecule has 3 aromatic rings. The zero-order chi connectivity index (χ0) is 17.1. The summed E-state index contributed by atoms with van der Waals surface area (Å²) in [5, 5.41) is 8.06. The third-order valence-corrected chi connectivity index (χ3v) is 4.03. The second-order valence-electron chi connectivity index (χ2n) is 5.62. The summed E-state index contributed by atoms with van der Waals surface area (Å²) in [5.74, 6) is 0.586. The minimum Gasteiger partial charge on any atom is -0.467 e. The number of rotatable bonds is 5. The first-order chi connectivity index (χ1) is 11.5. The van der Waals surface area contributed by atoms with Crippen molar-refractivity contribution in [3.8, 4) is 0 Å². The second kappa shape index (κ2) is 6.93. The van der Waals surface area contributed by atoms with Gasteiger partial charge in [0, 0.05) is 22.8 Å². The number of benzene rings is 1. The lowest BCUT2D eigenvalue weighted by molar-refractivity contribution is 0.0948. The van der Waals surface area contributed by atoms with E-state index in [-0.39, 0.29) is 11.9 Å². The summed E-state index contributed by atoms with van der Waals surface area (Å²) in [6, 6.07) is 12.3. The fourth-order valence-electron chi connectivity index (χ4n) is 2.64. The summed E-state index contributed by atoms with van der Waals surface area (Å²) >= 11 is 5.86. The maximum Gasteiger partial charge on any atom is 0.251 e. The Morgan fingerprint density at radius 2 is 2.04 bits per heavy atom. The highest BCUT2D eigenvalue weighted by molar-refractivity contribution is 6.30. The number of amides is 1. The molecule has 1 N–H and O–H groups in total. The van der Waals surface area contributed by atoms with Gasteiger partial charge in [0.15, 0.2) is 0 Å². The molecule has 0 bridgehead atoms. The topological polar surface area (TPSA) is 60.1 Å². The van der Waals surface area contributed by atoms with Crippen molar-refractivity contribution in [3.63, 3.8) is 0 Å². The summed E-state index contributed by atoms with van der Waals surface area (Å²) in [4.78, 5) is 12.3. The first kappa shape index (κ1) is 16.3. The van der Waals surface area contributed by atoms with E-state index in [9.17, 15) is 4.79 Å². The van der Waals surface area contributed by atoms with Crippen LogP contribution in [-0.4, -0.2) is 22.2 Å². The van der Waals surface area contributed by atoms with Crippen molar-refractivity contribution >= 4 is 17.5 Å². The van der Waals surface area contributed by atoms with Crippen LogP contribution < -0.4 is 5.32 Å². The lowest BCUT2D eigenvalue weighted by atomic mass is 10.2. The molecule has 1 aromatic carbocycles.